The van der Waals surface area contributed by atoms with Gasteiger partial charge >= 0.3 is 5.97 Å². The van der Waals surface area contributed by atoms with Gasteiger partial charge in [0.05, 0.1) is 0 Å². The van der Waals surface area contributed by atoms with Gasteiger partial charge in [-0.25, -0.2) is 4.79 Å². The Bertz CT molecular complexity index is 556. The van der Waals surface area contributed by atoms with Gasteiger partial charge in [-0.3, -0.25) is 4.79 Å². The maximum Gasteiger partial charge on any atom is 0.329 e. The average molecular weight is 291 g/mol. The van der Waals surface area contributed by atoms with Gasteiger partial charge in [0, 0.05) is 0 Å². The number of amides is 1. The van der Waals surface area contributed by atoms with E-state index in [4.69, 9.17) is 9.84 Å². The van der Waals surface area contributed by atoms with Crippen molar-refractivity contribution < 1.29 is 19.4 Å². The van der Waals surface area contributed by atoms with Gasteiger partial charge in [0.2, 0.25) is 0 Å². The number of aliphatic carboxylic acids is 1. The summed E-state index contributed by atoms with van der Waals surface area (Å²) in [6.07, 6.45) is 0.958. The van der Waals surface area contributed by atoms with E-state index in [1.807, 2.05) is 24.3 Å². The Kier molecular flexibility index (Phi) is 3.94. The fourth-order valence-corrected chi connectivity index (χ4v) is 2.18. The lowest BCUT2D eigenvalue weighted by atomic mass is 9.86. The summed E-state index contributed by atoms with van der Waals surface area (Å²) in [6.45, 7) is 6.03. The third-order valence-electron chi connectivity index (χ3n) is 3.59. The molecule has 1 fully saturated rings. The molecule has 0 unspecified atom stereocenters. The summed E-state index contributed by atoms with van der Waals surface area (Å²) in [5.41, 5.74) is -0.146. The normalized spacial score (nSPS) is 16.1. The number of carboxylic acids is 1. The summed E-state index contributed by atoms with van der Waals surface area (Å²) in [5.74, 6) is -0.732. The molecular weight excluding hydrogens is 270 g/mol. The molecule has 0 heterocycles. The standard InChI is InChI=1S/C16H21NO4/c1-15(2,3)11-6-4-5-7-12(11)21-10-13(18)17-16(8-9-16)14(19)20/h4-7H,8-10H2,1-3H3,(H,17,18)(H,19,20). The van der Waals surface area contributed by atoms with Crippen molar-refractivity contribution in [2.24, 2.45) is 0 Å². The number of carbonyl (C=O) groups is 2. The van der Waals surface area contributed by atoms with Crippen molar-refractivity contribution in [2.75, 3.05) is 6.61 Å². The smallest absolute Gasteiger partial charge is 0.329 e. The largest absolute Gasteiger partial charge is 0.483 e. The van der Waals surface area contributed by atoms with E-state index in [1.165, 1.54) is 0 Å². The van der Waals surface area contributed by atoms with Crippen molar-refractivity contribution in [3.8, 4) is 5.75 Å². The molecule has 1 amide bonds. The molecular formula is C16H21NO4. The topological polar surface area (TPSA) is 75.6 Å². The molecule has 0 radical (unpaired) electrons. The lowest BCUT2D eigenvalue weighted by Gasteiger charge is -2.22. The van der Waals surface area contributed by atoms with Crippen LogP contribution in [0.15, 0.2) is 24.3 Å². The molecule has 5 heteroatoms. The molecule has 0 saturated heterocycles. The van der Waals surface area contributed by atoms with Crippen molar-refractivity contribution in [2.45, 2.75) is 44.6 Å². The Labute approximate surface area is 124 Å². The van der Waals surface area contributed by atoms with Crippen molar-refractivity contribution in [3.63, 3.8) is 0 Å². The summed E-state index contributed by atoms with van der Waals surface area (Å²) in [6, 6.07) is 7.56. The Balaban J connectivity index is 1.98. The van der Waals surface area contributed by atoms with Crippen LogP contribution in [0.3, 0.4) is 0 Å². The number of hydrogen-bond donors (Lipinski definition) is 2. The van der Waals surface area contributed by atoms with E-state index in [0.29, 0.717) is 18.6 Å². The molecule has 2 rings (SSSR count). The van der Waals surface area contributed by atoms with E-state index < -0.39 is 17.4 Å². The van der Waals surface area contributed by atoms with Crippen LogP contribution < -0.4 is 10.1 Å². The van der Waals surface area contributed by atoms with Crippen LogP contribution in [0.25, 0.3) is 0 Å². The molecule has 2 N–H and O–H groups in total. The molecule has 0 atom stereocenters. The highest BCUT2D eigenvalue weighted by Gasteiger charge is 2.51. The lowest BCUT2D eigenvalue weighted by molar-refractivity contribution is -0.143. The number of carbonyl (C=O) groups excluding carboxylic acids is 1. The monoisotopic (exact) mass is 291 g/mol. The number of benzene rings is 1. The van der Waals surface area contributed by atoms with Gasteiger partial charge in [0.25, 0.3) is 5.91 Å². The molecule has 1 aromatic rings. The predicted molar refractivity (Wildman–Crippen MR) is 78.4 cm³/mol. The van der Waals surface area contributed by atoms with Gasteiger partial charge in [-0.15, -0.1) is 0 Å². The Morgan fingerprint density at radius 1 is 1.29 bits per heavy atom. The molecule has 1 aliphatic rings. The van der Waals surface area contributed by atoms with Crippen molar-refractivity contribution in [1.29, 1.82) is 0 Å². The molecule has 0 spiro atoms. The highest BCUT2D eigenvalue weighted by Crippen LogP contribution is 2.35. The zero-order valence-electron chi connectivity index (χ0n) is 12.6. The van der Waals surface area contributed by atoms with Crippen LogP contribution in [0.2, 0.25) is 0 Å². The van der Waals surface area contributed by atoms with Crippen LogP contribution in [0.4, 0.5) is 0 Å². The van der Waals surface area contributed by atoms with E-state index >= 15 is 0 Å². The molecule has 0 aromatic heterocycles. The van der Waals surface area contributed by atoms with Crippen LogP contribution >= 0.6 is 0 Å². The summed E-state index contributed by atoms with van der Waals surface area (Å²) < 4.78 is 5.57. The highest BCUT2D eigenvalue weighted by molar-refractivity contribution is 5.90. The zero-order valence-corrected chi connectivity index (χ0v) is 12.6. The fraction of sp³-hybridized carbons (Fsp3) is 0.500. The third-order valence-corrected chi connectivity index (χ3v) is 3.59. The first-order chi connectivity index (χ1) is 9.74. The molecule has 5 nitrogen and oxygen atoms in total. The Morgan fingerprint density at radius 3 is 2.43 bits per heavy atom. The quantitative estimate of drug-likeness (QED) is 0.871. The molecule has 1 saturated carbocycles. The van der Waals surface area contributed by atoms with E-state index in [2.05, 4.69) is 26.1 Å². The van der Waals surface area contributed by atoms with E-state index in [0.717, 1.165) is 5.56 Å². The molecule has 0 aliphatic heterocycles. The number of ether oxygens (including phenoxy) is 1. The van der Waals surface area contributed by atoms with Gasteiger partial charge < -0.3 is 15.2 Å². The van der Waals surface area contributed by atoms with Crippen molar-refractivity contribution in [1.82, 2.24) is 5.32 Å². The molecule has 0 bridgehead atoms. The van der Waals surface area contributed by atoms with E-state index in [-0.39, 0.29) is 12.0 Å². The number of para-hydroxylation sites is 1. The summed E-state index contributed by atoms with van der Waals surface area (Å²) in [4.78, 5) is 22.9. The van der Waals surface area contributed by atoms with Crippen LogP contribution in [0.1, 0.15) is 39.2 Å². The number of carboxylic acid groups (broad SMARTS) is 1. The lowest BCUT2D eigenvalue weighted by Crippen LogP contribution is -2.45. The molecule has 114 valence electrons. The van der Waals surface area contributed by atoms with Crippen LogP contribution in [0, 0.1) is 0 Å². The van der Waals surface area contributed by atoms with Gasteiger partial charge in [-0.2, -0.15) is 0 Å². The minimum atomic E-state index is -1.07. The number of hydrogen-bond acceptors (Lipinski definition) is 3. The first-order valence-electron chi connectivity index (χ1n) is 7.01. The van der Waals surface area contributed by atoms with Gasteiger partial charge in [0.15, 0.2) is 6.61 Å². The minimum Gasteiger partial charge on any atom is -0.483 e. The second kappa shape index (κ2) is 5.39. The van der Waals surface area contributed by atoms with Crippen LogP contribution in [0.5, 0.6) is 5.75 Å². The second-order valence-electron chi connectivity index (χ2n) is 6.47. The highest BCUT2D eigenvalue weighted by atomic mass is 16.5. The SMILES string of the molecule is CC(C)(C)c1ccccc1OCC(=O)NC1(C(=O)O)CC1. The second-order valence-corrected chi connectivity index (χ2v) is 6.47. The minimum absolute atomic E-state index is 0.0914. The van der Waals surface area contributed by atoms with Gasteiger partial charge in [0.1, 0.15) is 11.3 Å². The third kappa shape index (κ3) is 3.54. The summed E-state index contributed by atoms with van der Waals surface area (Å²) >= 11 is 0. The molecule has 1 aliphatic carbocycles. The number of rotatable bonds is 5. The van der Waals surface area contributed by atoms with E-state index in [9.17, 15) is 9.59 Å². The fourth-order valence-electron chi connectivity index (χ4n) is 2.18. The van der Waals surface area contributed by atoms with E-state index in [1.54, 1.807) is 0 Å². The molecule has 1 aromatic carbocycles. The van der Waals surface area contributed by atoms with Crippen LogP contribution in [-0.4, -0.2) is 29.1 Å². The Hall–Kier alpha value is -2.04. The zero-order chi connectivity index (χ0) is 15.7. The Morgan fingerprint density at radius 2 is 1.90 bits per heavy atom. The molecule has 21 heavy (non-hydrogen) atoms. The predicted octanol–water partition coefficient (Wildman–Crippen LogP) is 2.10. The maximum atomic E-state index is 11.8. The first kappa shape index (κ1) is 15.4. The average Bonchev–Trinajstić information content (AvgIpc) is 3.16. The van der Waals surface area contributed by atoms with Gasteiger partial charge in [-0.05, 0) is 29.9 Å². The maximum absolute atomic E-state index is 11.8. The van der Waals surface area contributed by atoms with Crippen LogP contribution in [-0.2, 0) is 15.0 Å². The number of nitrogens with one attached hydrogen (secondary N) is 1. The summed E-state index contributed by atoms with van der Waals surface area (Å²) in [7, 11) is 0. The van der Waals surface area contributed by atoms with Crippen molar-refractivity contribution in [3.05, 3.63) is 29.8 Å². The van der Waals surface area contributed by atoms with Crippen molar-refractivity contribution >= 4 is 11.9 Å². The van der Waals surface area contributed by atoms with Gasteiger partial charge in [-0.1, -0.05) is 39.0 Å². The first-order valence-corrected chi connectivity index (χ1v) is 7.01. The summed E-state index contributed by atoms with van der Waals surface area (Å²) in [5, 5.41) is 11.6.